The molecule has 1 fully saturated rings. The first-order valence-corrected chi connectivity index (χ1v) is 8.78. The van der Waals surface area contributed by atoms with E-state index in [-0.39, 0.29) is 36.8 Å². The Labute approximate surface area is 147 Å². The molecule has 1 saturated heterocycles. The van der Waals surface area contributed by atoms with Crippen molar-refractivity contribution >= 4 is 36.0 Å². The van der Waals surface area contributed by atoms with Crippen molar-refractivity contribution in [1.29, 1.82) is 0 Å². The molecule has 1 unspecified atom stereocenters. The molecule has 23 heavy (non-hydrogen) atoms. The Morgan fingerprint density at radius 3 is 2.65 bits per heavy atom. The molecule has 2 rings (SSSR count). The van der Waals surface area contributed by atoms with E-state index in [9.17, 15) is 9.59 Å². The average Bonchev–Trinajstić information content (AvgIpc) is 2.55. The highest BCUT2D eigenvalue weighted by atomic mass is 35.5. The Balaban J connectivity index is 0.00000264. The van der Waals surface area contributed by atoms with E-state index in [4.69, 9.17) is 0 Å². The highest BCUT2D eigenvalue weighted by Crippen LogP contribution is 2.09. The molecule has 1 heterocycles. The topological polar surface area (TPSA) is 70.2 Å². The van der Waals surface area contributed by atoms with Gasteiger partial charge in [0.15, 0.2) is 0 Å². The summed E-state index contributed by atoms with van der Waals surface area (Å²) < 4.78 is 0. The molecule has 0 aliphatic carbocycles. The van der Waals surface area contributed by atoms with Crippen LogP contribution in [0.3, 0.4) is 0 Å². The van der Waals surface area contributed by atoms with Crippen LogP contribution < -0.4 is 16.0 Å². The first-order chi connectivity index (χ1) is 10.7. The van der Waals surface area contributed by atoms with E-state index in [1.807, 2.05) is 42.1 Å². The van der Waals surface area contributed by atoms with Gasteiger partial charge in [-0.25, -0.2) is 0 Å². The van der Waals surface area contributed by atoms with Gasteiger partial charge in [0.25, 0.3) is 0 Å². The van der Waals surface area contributed by atoms with Crippen LogP contribution in [0.4, 0.5) is 0 Å². The smallest absolute Gasteiger partial charge is 0.239 e. The van der Waals surface area contributed by atoms with Crippen LogP contribution >= 0.6 is 24.2 Å². The molecule has 1 aliphatic heterocycles. The first kappa shape index (κ1) is 19.8. The number of benzene rings is 1. The largest absolute Gasteiger partial charge is 0.354 e. The van der Waals surface area contributed by atoms with E-state index in [1.165, 1.54) is 5.56 Å². The zero-order valence-electron chi connectivity index (χ0n) is 13.0. The molecule has 0 spiro atoms. The minimum atomic E-state index is -0.143. The van der Waals surface area contributed by atoms with Crippen molar-refractivity contribution in [3.05, 3.63) is 35.9 Å². The molecule has 0 saturated carbocycles. The normalized spacial score (nSPS) is 17.0. The van der Waals surface area contributed by atoms with Gasteiger partial charge in [-0.3, -0.25) is 9.59 Å². The number of thioether (sulfide) groups is 1. The fourth-order valence-corrected chi connectivity index (χ4v) is 3.23. The number of hydrogen-bond acceptors (Lipinski definition) is 4. The van der Waals surface area contributed by atoms with E-state index < -0.39 is 0 Å². The number of rotatable bonds is 7. The van der Waals surface area contributed by atoms with E-state index >= 15 is 0 Å². The van der Waals surface area contributed by atoms with Crippen molar-refractivity contribution in [2.45, 2.75) is 18.9 Å². The molecular formula is C16H24ClN3O2S. The molecule has 2 amide bonds. The van der Waals surface area contributed by atoms with Crippen LogP contribution in [0.5, 0.6) is 0 Å². The second-order valence-electron chi connectivity index (χ2n) is 5.29. The van der Waals surface area contributed by atoms with Crippen LogP contribution in [0.2, 0.25) is 0 Å². The molecule has 0 aromatic heterocycles. The van der Waals surface area contributed by atoms with Crippen LogP contribution in [0.15, 0.2) is 30.3 Å². The third-order valence-corrected chi connectivity index (χ3v) is 4.59. The fourth-order valence-electron chi connectivity index (χ4n) is 2.28. The van der Waals surface area contributed by atoms with Gasteiger partial charge in [-0.2, -0.15) is 11.8 Å². The quantitative estimate of drug-likeness (QED) is 0.680. The molecule has 0 radical (unpaired) electrons. The van der Waals surface area contributed by atoms with Crippen LogP contribution in [0.25, 0.3) is 0 Å². The lowest BCUT2D eigenvalue weighted by Crippen LogP contribution is -2.43. The number of hydrogen-bond donors (Lipinski definition) is 3. The molecule has 0 bridgehead atoms. The molecule has 1 atom stereocenters. The highest BCUT2D eigenvalue weighted by Gasteiger charge is 2.16. The first-order valence-electron chi connectivity index (χ1n) is 7.62. The zero-order valence-corrected chi connectivity index (χ0v) is 14.7. The van der Waals surface area contributed by atoms with Gasteiger partial charge in [0.05, 0.1) is 6.54 Å². The second-order valence-corrected chi connectivity index (χ2v) is 6.44. The molecule has 5 nitrogen and oxygen atoms in total. The predicted octanol–water partition coefficient (Wildman–Crippen LogP) is 0.978. The van der Waals surface area contributed by atoms with Crippen molar-refractivity contribution in [3.8, 4) is 0 Å². The van der Waals surface area contributed by atoms with E-state index in [1.54, 1.807) is 0 Å². The van der Waals surface area contributed by atoms with Crippen molar-refractivity contribution in [2.75, 3.05) is 31.1 Å². The average molecular weight is 358 g/mol. The lowest BCUT2D eigenvalue weighted by Gasteiger charge is -2.22. The summed E-state index contributed by atoms with van der Waals surface area (Å²) >= 11 is 1.86. The minimum absolute atomic E-state index is 0. The van der Waals surface area contributed by atoms with E-state index in [0.717, 1.165) is 24.5 Å². The van der Waals surface area contributed by atoms with Crippen molar-refractivity contribution in [1.82, 2.24) is 16.0 Å². The maximum atomic E-state index is 11.8. The lowest BCUT2D eigenvalue weighted by molar-refractivity contribution is -0.126. The predicted molar refractivity (Wildman–Crippen MR) is 97.1 cm³/mol. The maximum absolute atomic E-state index is 11.8. The Morgan fingerprint density at radius 2 is 1.96 bits per heavy atom. The molecule has 3 N–H and O–H groups in total. The fraction of sp³-hybridized carbons (Fsp3) is 0.500. The molecule has 1 aromatic rings. The van der Waals surface area contributed by atoms with Crippen LogP contribution in [-0.2, 0) is 16.0 Å². The third kappa shape index (κ3) is 8.25. The Hall–Kier alpha value is -1.24. The number of carbonyl (C=O) groups excluding carboxylic acids is 2. The summed E-state index contributed by atoms with van der Waals surface area (Å²) in [4.78, 5) is 23.5. The van der Waals surface area contributed by atoms with Gasteiger partial charge in [0, 0.05) is 37.1 Å². The molecule has 1 aromatic carbocycles. The van der Waals surface area contributed by atoms with Gasteiger partial charge in [0.2, 0.25) is 11.8 Å². The SMILES string of the molecule is Cl.O=C(CNC(=O)CC1CSCCN1)NCCc1ccccc1. The molecule has 7 heteroatoms. The summed E-state index contributed by atoms with van der Waals surface area (Å²) in [6.45, 7) is 1.58. The maximum Gasteiger partial charge on any atom is 0.239 e. The van der Waals surface area contributed by atoms with Gasteiger partial charge in [0.1, 0.15) is 0 Å². The standard InChI is InChI=1S/C16H23N3O2S.ClH/c20-15(10-14-12-22-9-8-17-14)19-11-16(21)18-7-6-13-4-2-1-3-5-13;/h1-5,14,17H,6-12H2,(H,18,21)(H,19,20);1H. The number of carbonyl (C=O) groups is 2. The van der Waals surface area contributed by atoms with Crippen LogP contribution in [0, 0.1) is 0 Å². The van der Waals surface area contributed by atoms with Crippen LogP contribution in [-0.4, -0.2) is 49.0 Å². The monoisotopic (exact) mass is 357 g/mol. The Bertz CT molecular complexity index is 481. The van der Waals surface area contributed by atoms with Gasteiger partial charge < -0.3 is 16.0 Å². The van der Waals surface area contributed by atoms with E-state index in [0.29, 0.717) is 13.0 Å². The zero-order chi connectivity index (χ0) is 15.6. The summed E-state index contributed by atoms with van der Waals surface area (Å²) in [5.74, 6) is 1.84. The molecule has 1 aliphatic rings. The molecule has 128 valence electrons. The number of nitrogens with one attached hydrogen (secondary N) is 3. The van der Waals surface area contributed by atoms with Crippen molar-refractivity contribution in [3.63, 3.8) is 0 Å². The van der Waals surface area contributed by atoms with Crippen molar-refractivity contribution in [2.24, 2.45) is 0 Å². The summed E-state index contributed by atoms with van der Waals surface area (Å²) in [5.41, 5.74) is 1.19. The molecular weight excluding hydrogens is 334 g/mol. The van der Waals surface area contributed by atoms with Gasteiger partial charge in [-0.1, -0.05) is 30.3 Å². The number of amides is 2. The lowest BCUT2D eigenvalue weighted by atomic mass is 10.1. The highest BCUT2D eigenvalue weighted by molar-refractivity contribution is 7.99. The Kier molecular flexibility index (Phi) is 9.75. The van der Waals surface area contributed by atoms with Crippen molar-refractivity contribution < 1.29 is 9.59 Å². The third-order valence-electron chi connectivity index (χ3n) is 3.46. The Morgan fingerprint density at radius 1 is 1.17 bits per heavy atom. The number of halogens is 1. The summed E-state index contributed by atoms with van der Waals surface area (Å²) in [5, 5.41) is 8.80. The summed E-state index contributed by atoms with van der Waals surface area (Å²) in [6.07, 6.45) is 1.23. The van der Waals surface area contributed by atoms with Gasteiger partial charge in [-0.15, -0.1) is 12.4 Å². The second kappa shape index (κ2) is 11.3. The minimum Gasteiger partial charge on any atom is -0.354 e. The van der Waals surface area contributed by atoms with Crippen LogP contribution in [0.1, 0.15) is 12.0 Å². The summed E-state index contributed by atoms with van der Waals surface area (Å²) in [7, 11) is 0. The van der Waals surface area contributed by atoms with Gasteiger partial charge in [-0.05, 0) is 12.0 Å². The summed E-state index contributed by atoms with van der Waals surface area (Å²) in [6, 6.07) is 10.2. The van der Waals surface area contributed by atoms with Gasteiger partial charge >= 0.3 is 0 Å². The van der Waals surface area contributed by atoms with E-state index in [2.05, 4.69) is 16.0 Å².